The van der Waals surface area contributed by atoms with Crippen LogP contribution in [0.25, 0.3) is 10.2 Å². The molecule has 0 atom stereocenters. The number of carbonyl (C=O) groups excluding carboxylic acids is 1. The Labute approximate surface area is 156 Å². The molecule has 128 valence electrons. The van der Waals surface area contributed by atoms with Crippen molar-refractivity contribution in [1.29, 1.82) is 0 Å². The van der Waals surface area contributed by atoms with E-state index in [0.29, 0.717) is 6.42 Å². The molecular weight excluding hydrogens is 348 g/mol. The molecule has 0 N–H and O–H groups in total. The van der Waals surface area contributed by atoms with E-state index < -0.39 is 0 Å². The van der Waals surface area contributed by atoms with Crippen molar-refractivity contribution in [3.63, 3.8) is 0 Å². The number of thiazole rings is 1. The smallest absolute Gasteiger partial charge is 0.227 e. The molecule has 1 aliphatic heterocycles. The number of nitrogens with zero attached hydrogens (tertiary/aromatic N) is 2. The Hall–Kier alpha value is -1.85. The summed E-state index contributed by atoms with van der Waals surface area (Å²) in [4.78, 5) is 20.5. The van der Waals surface area contributed by atoms with Gasteiger partial charge in [0.2, 0.25) is 5.91 Å². The maximum absolute atomic E-state index is 12.6. The summed E-state index contributed by atoms with van der Waals surface area (Å²) in [5, 5.41) is 1.17. The third-order valence-electron chi connectivity index (χ3n) is 4.40. The lowest BCUT2D eigenvalue weighted by atomic mass is 10.1. The molecule has 5 heteroatoms. The fourth-order valence-electron chi connectivity index (χ4n) is 3.14. The first-order valence-electron chi connectivity index (χ1n) is 8.68. The topological polar surface area (TPSA) is 33.2 Å². The Bertz CT molecular complexity index is 857. The summed E-state index contributed by atoms with van der Waals surface area (Å²) in [6, 6.07) is 16.5. The lowest BCUT2D eigenvalue weighted by Crippen LogP contribution is -2.35. The number of aromatic nitrogens is 1. The molecule has 25 heavy (non-hydrogen) atoms. The second-order valence-electron chi connectivity index (χ2n) is 6.14. The van der Waals surface area contributed by atoms with E-state index in [4.69, 9.17) is 0 Å². The third-order valence-corrected chi connectivity index (χ3v) is 6.54. The summed E-state index contributed by atoms with van der Waals surface area (Å²) in [6.45, 7) is 0.818. The first-order valence-corrected chi connectivity index (χ1v) is 10.5. The van der Waals surface area contributed by atoms with Crippen molar-refractivity contribution in [3.05, 3.63) is 53.5 Å². The quantitative estimate of drug-likeness (QED) is 0.584. The van der Waals surface area contributed by atoms with Crippen molar-refractivity contribution >= 4 is 44.9 Å². The number of amides is 1. The van der Waals surface area contributed by atoms with E-state index in [2.05, 4.69) is 35.3 Å². The van der Waals surface area contributed by atoms with Crippen molar-refractivity contribution < 1.29 is 4.79 Å². The number of para-hydroxylation sites is 2. The van der Waals surface area contributed by atoms with E-state index in [9.17, 15) is 4.79 Å². The lowest BCUT2D eigenvalue weighted by molar-refractivity contribution is -0.118. The summed E-state index contributed by atoms with van der Waals surface area (Å²) in [5.74, 6) is 1.23. The van der Waals surface area contributed by atoms with Crippen molar-refractivity contribution in [2.75, 3.05) is 17.2 Å². The van der Waals surface area contributed by atoms with E-state index in [1.165, 1.54) is 14.6 Å². The lowest BCUT2D eigenvalue weighted by Gasteiger charge is -2.29. The van der Waals surface area contributed by atoms with E-state index in [1.54, 1.807) is 11.3 Å². The molecule has 0 aliphatic carbocycles. The van der Waals surface area contributed by atoms with Crippen LogP contribution in [0.5, 0.6) is 0 Å². The number of thioether (sulfide) groups is 1. The maximum Gasteiger partial charge on any atom is 0.227 e. The normalized spacial score (nSPS) is 13.8. The number of carbonyl (C=O) groups is 1. The maximum atomic E-state index is 12.6. The predicted octanol–water partition coefficient (Wildman–Crippen LogP) is 5.15. The van der Waals surface area contributed by atoms with Crippen LogP contribution in [0.4, 0.5) is 5.69 Å². The van der Waals surface area contributed by atoms with Gasteiger partial charge >= 0.3 is 0 Å². The zero-order valence-electron chi connectivity index (χ0n) is 14.0. The summed E-state index contributed by atoms with van der Waals surface area (Å²) in [5.41, 5.74) is 2.16. The molecule has 2 aromatic carbocycles. The van der Waals surface area contributed by atoms with E-state index in [0.717, 1.165) is 42.8 Å². The average Bonchev–Trinajstić information content (AvgIpc) is 3.07. The van der Waals surface area contributed by atoms with Gasteiger partial charge in [-0.1, -0.05) is 24.3 Å². The standard InChI is InChI=1S/C20H20N2OS2/c23-20(22-13-14-24-18-10-4-2-8-16(18)22)12-6-5-11-19-21-15-7-1-3-9-17(15)25-19/h1-4,7-10H,5-6,11-14H2. The second-order valence-corrected chi connectivity index (χ2v) is 8.40. The summed E-state index contributed by atoms with van der Waals surface area (Å²) in [6.07, 6.45) is 3.50. The highest BCUT2D eigenvalue weighted by Gasteiger charge is 2.21. The van der Waals surface area contributed by atoms with Crippen molar-refractivity contribution in [3.8, 4) is 0 Å². The summed E-state index contributed by atoms with van der Waals surface area (Å²) in [7, 11) is 0. The van der Waals surface area contributed by atoms with Gasteiger partial charge in [0.05, 0.1) is 20.9 Å². The minimum atomic E-state index is 0.247. The highest BCUT2D eigenvalue weighted by atomic mass is 32.2. The van der Waals surface area contributed by atoms with Crippen LogP contribution in [0.15, 0.2) is 53.4 Å². The molecule has 2 heterocycles. The van der Waals surface area contributed by atoms with Gasteiger partial charge in [-0.2, -0.15) is 0 Å². The Kier molecular flexibility index (Phi) is 5.04. The SMILES string of the molecule is O=C(CCCCc1nc2ccccc2s1)N1CCSc2ccccc21. The van der Waals surface area contributed by atoms with Crippen LogP contribution in [0.1, 0.15) is 24.3 Å². The monoisotopic (exact) mass is 368 g/mol. The zero-order chi connectivity index (χ0) is 17.1. The van der Waals surface area contributed by atoms with E-state index in [1.807, 2.05) is 34.9 Å². The number of benzene rings is 2. The molecule has 0 fully saturated rings. The first kappa shape index (κ1) is 16.6. The molecule has 1 aliphatic rings. The molecular formula is C20H20N2OS2. The predicted molar refractivity (Wildman–Crippen MR) is 107 cm³/mol. The molecule has 3 aromatic rings. The molecule has 0 spiro atoms. The molecule has 0 saturated carbocycles. The van der Waals surface area contributed by atoms with Crippen LogP contribution >= 0.6 is 23.1 Å². The number of aryl methyl sites for hydroxylation is 1. The number of rotatable bonds is 5. The zero-order valence-corrected chi connectivity index (χ0v) is 15.6. The van der Waals surface area contributed by atoms with Crippen molar-refractivity contribution in [1.82, 2.24) is 4.98 Å². The first-order chi connectivity index (χ1) is 12.3. The molecule has 1 amide bonds. The largest absolute Gasteiger partial charge is 0.310 e. The van der Waals surface area contributed by atoms with Crippen LogP contribution in [-0.2, 0) is 11.2 Å². The fraction of sp³-hybridized carbons (Fsp3) is 0.300. The second kappa shape index (κ2) is 7.58. The molecule has 0 bridgehead atoms. The van der Waals surface area contributed by atoms with E-state index >= 15 is 0 Å². The fourth-order valence-corrected chi connectivity index (χ4v) is 5.15. The average molecular weight is 369 g/mol. The number of hydrogen-bond acceptors (Lipinski definition) is 4. The van der Waals surface area contributed by atoms with Crippen LogP contribution in [0.2, 0.25) is 0 Å². The van der Waals surface area contributed by atoms with E-state index in [-0.39, 0.29) is 5.91 Å². The number of fused-ring (bicyclic) bond motifs is 2. The summed E-state index contributed by atoms with van der Waals surface area (Å²) >= 11 is 3.60. The van der Waals surface area contributed by atoms with Gasteiger partial charge in [-0.15, -0.1) is 23.1 Å². The number of unbranched alkanes of at least 4 members (excludes halogenated alkanes) is 1. The summed E-state index contributed by atoms with van der Waals surface area (Å²) < 4.78 is 1.25. The Balaban J connectivity index is 1.31. The van der Waals surface area contributed by atoms with Crippen LogP contribution < -0.4 is 4.90 Å². The molecule has 0 unspecified atom stereocenters. The van der Waals surface area contributed by atoms with Gasteiger partial charge in [-0.05, 0) is 43.5 Å². The Morgan fingerprint density at radius 3 is 2.84 bits per heavy atom. The van der Waals surface area contributed by atoms with Crippen LogP contribution in [-0.4, -0.2) is 23.2 Å². The minimum absolute atomic E-state index is 0.247. The third kappa shape index (κ3) is 3.72. The van der Waals surface area contributed by atoms with Gasteiger partial charge in [0.1, 0.15) is 0 Å². The molecule has 1 aromatic heterocycles. The highest BCUT2D eigenvalue weighted by Crippen LogP contribution is 2.34. The van der Waals surface area contributed by atoms with Gasteiger partial charge in [-0.3, -0.25) is 4.79 Å². The molecule has 3 nitrogen and oxygen atoms in total. The van der Waals surface area contributed by atoms with Gasteiger partial charge in [-0.25, -0.2) is 4.98 Å². The van der Waals surface area contributed by atoms with Gasteiger partial charge in [0, 0.05) is 23.6 Å². The minimum Gasteiger partial charge on any atom is -0.310 e. The number of hydrogen-bond donors (Lipinski definition) is 0. The Morgan fingerprint density at radius 2 is 1.92 bits per heavy atom. The van der Waals surface area contributed by atoms with Crippen LogP contribution in [0.3, 0.4) is 0 Å². The van der Waals surface area contributed by atoms with Gasteiger partial charge < -0.3 is 4.90 Å². The van der Waals surface area contributed by atoms with Crippen LogP contribution in [0, 0.1) is 0 Å². The van der Waals surface area contributed by atoms with Gasteiger partial charge in [0.25, 0.3) is 0 Å². The number of anilines is 1. The van der Waals surface area contributed by atoms with Crippen molar-refractivity contribution in [2.45, 2.75) is 30.6 Å². The Morgan fingerprint density at radius 1 is 1.08 bits per heavy atom. The molecule has 4 rings (SSSR count). The van der Waals surface area contributed by atoms with Gasteiger partial charge in [0.15, 0.2) is 0 Å². The molecule has 0 radical (unpaired) electrons. The molecule has 0 saturated heterocycles. The van der Waals surface area contributed by atoms with Crippen molar-refractivity contribution in [2.24, 2.45) is 0 Å². The highest BCUT2D eigenvalue weighted by molar-refractivity contribution is 7.99.